The number of benzene rings is 1. The molecule has 0 spiro atoms. The first-order valence-electron chi connectivity index (χ1n) is 7.04. The van der Waals surface area contributed by atoms with E-state index in [-0.39, 0.29) is 11.3 Å². The van der Waals surface area contributed by atoms with E-state index in [0.717, 1.165) is 19.5 Å². The van der Waals surface area contributed by atoms with Crippen molar-refractivity contribution in [2.75, 3.05) is 6.54 Å². The fourth-order valence-electron chi connectivity index (χ4n) is 2.34. The minimum Gasteiger partial charge on any atom is -0.352 e. The maximum atomic E-state index is 11.1. The van der Waals surface area contributed by atoms with E-state index in [4.69, 9.17) is 0 Å². The molecule has 2 N–H and O–H groups in total. The molecule has 1 heterocycles. The summed E-state index contributed by atoms with van der Waals surface area (Å²) in [6, 6.07) is 9.07. The molecule has 0 aliphatic carbocycles. The third-order valence-corrected chi connectivity index (χ3v) is 3.62. The molecular formula is C16H24N2O. The van der Waals surface area contributed by atoms with E-state index in [9.17, 15) is 4.79 Å². The first-order chi connectivity index (χ1) is 8.95. The van der Waals surface area contributed by atoms with Gasteiger partial charge in [-0.3, -0.25) is 4.79 Å². The summed E-state index contributed by atoms with van der Waals surface area (Å²) in [5.41, 5.74) is 2.86. The van der Waals surface area contributed by atoms with E-state index >= 15 is 0 Å². The molecule has 0 saturated carbocycles. The molecule has 19 heavy (non-hydrogen) atoms. The van der Waals surface area contributed by atoms with Crippen LogP contribution in [0.3, 0.4) is 0 Å². The number of carbonyl (C=O) groups excluding carboxylic acids is 1. The second-order valence-electron chi connectivity index (χ2n) is 6.38. The van der Waals surface area contributed by atoms with Crippen molar-refractivity contribution in [1.29, 1.82) is 0 Å². The van der Waals surface area contributed by atoms with Gasteiger partial charge in [0.25, 0.3) is 0 Å². The first kappa shape index (κ1) is 14.1. The largest absolute Gasteiger partial charge is 0.352 e. The van der Waals surface area contributed by atoms with Crippen LogP contribution in [0.5, 0.6) is 0 Å². The molecule has 1 atom stereocenters. The SMILES string of the molecule is CC(C)(C)c1ccc(CNCC2CCC(=O)N2)cc1. The van der Waals surface area contributed by atoms with Crippen molar-refractivity contribution in [2.45, 2.75) is 51.6 Å². The number of nitrogens with one attached hydrogen (secondary N) is 2. The van der Waals surface area contributed by atoms with Crippen molar-refractivity contribution in [3.63, 3.8) is 0 Å². The number of amides is 1. The van der Waals surface area contributed by atoms with Gasteiger partial charge in [-0.1, -0.05) is 45.0 Å². The molecule has 3 heteroatoms. The predicted molar refractivity (Wildman–Crippen MR) is 78.0 cm³/mol. The molecule has 1 aromatic carbocycles. The summed E-state index contributed by atoms with van der Waals surface area (Å²) in [6.45, 7) is 8.39. The lowest BCUT2D eigenvalue weighted by molar-refractivity contribution is -0.119. The Hall–Kier alpha value is -1.35. The molecule has 104 valence electrons. The van der Waals surface area contributed by atoms with Gasteiger partial charge < -0.3 is 10.6 Å². The summed E-state index contributed by atoms with van der Waals surface area (Å²) < 4.78 is 0. The van der Waals surface area contributed by atoms with Gasteiger partial charge in [0.2, 0.25) is 5.91 Å². The van der Waals surface area contributed by atoms with Gasteiger partial charge in [-0.25, -0.2) is 0 Å². The van der Waals surface area contributed by atoms with E-state index in [1.54, 1.807) is 0 Å². The monoisotopic (exact) mass is 260 g/mol. The van der Waals surface area contributed by atoms with E-state index in [0.29, 0.717) is 12.5 Å². The normalized spacial score (nSPS) is 19.5. The molecule has 1 aliphatic heterocycles. The highest BCUT2D eigenvalue weighted by Gasteiger charge is 2.19. The van der Waals surface area contributed by atoms with Crippen molar-refractivity contribution in [2.24, 2.45) is 0 Å². The molecule has 1 amide bonds. The van der Waals surface area contributed by atoms with Gasteiger partial charge in [0.15, 0.2) is 0 Å². The van der Waals surface area contributed by atoms with Crippen molar-refractivity contribution in [3.8, 4) is 0 Å². The summed E-state index contributed by atoms with van der Waals surface area (Å²) in [6.07, 6.45) is 1.63. The number of carbonyl (C=O) groups is 1. The van der Waals surface area contributed by atoms with E-state index in [1.165, 1.54) is 11.1 Å². The van der Waals surface area contributed by atoms with Gasteiger partial charge in [0, 0.05) is 25.6 Å². The Bertz CT molecular complexity index is 431. The smallest absolute Gasteiger partial charge is 0.220 e. The van der Waals surface area contributed by atoms with Gasteiger partial charge >= 0.3 is 0 Å². The first-order valence-corrected chi connectivity index (χ1v) is 7.04. The molecule has 1 fully saturated rings. The molecule has 0 aromatic heterocycles. The minimum atomic E-state index is 0.182. The molecule has 1 saturated heterocycles. The average Bonchev–Trinajstić information content (AvgIpc) is 2.75. The van der Waals surface area contributed by atoms with Crippen LogP contribution in [0.4, 0.5) is 0 Å². The van der Waals surface area contributed by atoms with Crippen LogP contribution >= 0.6 is 0 Å². The second kappa shape index (κ2) is 5.74. The topological polar surface area (TPSA) is 41.1 Å². The Balaban J connectivity index is 1.79. The van der Waals surface area contributed by atoms with Crippen LogP contribution in [0.15, 0.2) is 24.3 Å². The third kappa shape index (κ3) is 4.06. The summed E-state index contributed by atoms with van der Waals surface area (Å²) in [4.78, 5) is 11.1. The Morgan fingerprint density at radius 2 is 1.95 bits per heavy atom. The fraction of sp³-hybridized carbons (Fsp3) is 0.562. The summed E-state index contributed by atoms with van der Waals surface area (Å²) in [7, 11) is 0. The predicted octanol–water partition coefficient (Wildman–Crippen LogP) is 2.35. The molecule has 3 nitrogen and oxygen atoms in total. The highest BCUT2D eigenvalue weighted by Crippen LogP contribution is 2.22. The van der Waals surface area contributed by atoms with E-state index in [2.05, 4.69) is 55.7 Å². The van der Waals surface area contributed by atoms with Crippen LogP contribution in [-0.4, -0.2) is 18.5 Å². The van der Waals surface area contributed by atoms with Gasteiger partial charge in [-0.2, -0.15) is 0 Å². The molecule has 1 aromatic rings. The van der Waals surface area contributed by atoms with Crippen LogP contribution < -0.4 is 10.6 Å². The number of rotatable bonds is 4. The van der Waals surface area contributed by atoms with Crippen molar-refractivity contribution >= 4 is 5.91 Å². The summed E-state index contributed by atoms with van der Waals surface area (Å²) in [5, 5.41) is 6.38. The van der Waals surface area contributed by atoms with Crippen LogP contribution in [0.1, 0.15) is 44.7 Å². The Morgan fingerprint density at radius 1 is 1.26 bits per heavy atom. The van der Waals surface area contributed by atoms with E-state index < -0.39 is 0 Å². The van der Waals surface area contributed by atoms with Crippen molar-refractivity contribution in [1.82, 2.24) is 10.6 Å². The fourth-order valence-corrected chi connectivity index (χ4v) is 2.34. The molecular weight excluding hydrogens is 236 g/mol. The second-order valence-corrected chi connectivity index (χ2v) is 6.38. The van der Waals surface area contributed by atoms with Gasteiger partial charge in [0.05, 0.1) is 0 Å². The zero-order valence-corrected chi connectivity index (χ0v) is 12.1. The average molecular weight is 260 g/mol. The molecule has 2 rings (SSSR count). The summed E-state index contributed by atoms with van der Waals surface area (Å²) in [5.74, 6) is 0.182. The van der Waals surface area contributed by atoms with Crippen molar-refractivity contribution < 1.29 is 4.79 Å². The number of hydrogen-bond acceptors (Lipinski definition) is 2. The third-order valence-electron chi connectivity index (χ3n) is 3.62. The van der Waals surface area contributed by atoms with Gasteiger partial charge in [-0.05, 0) is 23.0 Å². The van der Waals surface area contributed by atoms with Crippen molar-refractivity contribution in [3.05, 3.63) is 35.4 Å². The highest BCUT2D eigenvalue weighted by atomic mass is 16.1. The number of hydrogen-bond donors (Lipinski definition) is 2. The maximum Gasteiger partial charge on any atom is 0.220 e. The van der Waals surface area contributed by atoms with E-state index in [1.807, 2.05) is 0 Å². The van der Waals surface area contributed by atoms with Crippen LogP contribution in [0, 0.1) is 0 Å². The molecule has 0 bridgehead atoms. The molecule has 1 unspecified atom stereocenters. The minimum absolute atomic E-state index is 0.182. The Kier molecular flexibility index (Phi) is 4.25. The zero-order chi connectivity index (χ0) is 13.9. The molecule has 1 aliphatic rings. The quantitative estimate of drug-likeness (QED) is 0.872. The standard InChI is InChI=1S/C16H24N2O/c1-16(2,3)13-6-4-12(5-7-13)10-17-11-14-8-9-15(19)18-14/h4-7,14,17H,8-11H2,1-3H3,(H,18,19). The highest BCUT2D eigenvalue weighted by molar-refractivity contribution is 5.78. The zero-order valence-electron chi connectivity index (χ0n) is 12.1. The lowest BCUT2D eigenvalue weighted by Gasteiger charge is -2.19. The van der Waals surface area contributed by atoms with Gasteiger partial charge in [-0.15, -0.1) is 0 Å². The maximum absolute atomic E-state index is 11.1. The lowest BCUT2D eigenvalue weighted by Crippen LogP contribution is -2.35. The van der Waals surface area contributed by atoms with Crippen LogP contribution in [0.2, 0.25) is 0 Å². The lowest BCUT2D eigenvalue weighted by atomic mass is 9.87. The van der Waals surface area contributed by atoms with Crippen LogP contribution in [0.25, 0.3) is 0 Å². The Labute approximate surface area is 115 Å². The molecule has 0 radical (unpaired) electrons. The van der Waals surface area contributed by atoms with Gasteiger partial charge in [0.1, 0.15) is 0 Å². The Morgan fingerprint density at radius 3 is 2.47 bits per heavy atom. The van der Waals surface area contributed by atoms with Crippen LogP contribution in [-0.2, 0) is 16.8 Å². The summed E-state index contributed by atoms with van der Waals surface area (Å²) >= 11 is 0.